The van der Waals surface area contributed by atoms with E-state index in [0.29, 0.717) is 6.54 Å². The van der Waals surface area contributed by atoms with Crippen molar-refractivity contribution in [3.63, 3.8) is 0 Å². The van der Waals surface area contributed by atoms with Crippen molar-refractivity contribution in [1.29, 1.82) is 0 Å². The minimum atomic E-state index is 0.341. The zero-order valence-corrected chi connectivity index (χ0v) is 12.5. The van der Waals surface area contributed by atoms with Gasteiger partial charge in [0.25, 0.3) is 0 Å². The molecular formula is C16H22N4. The fourth-order valence-electron chi connectivity index (χ4n) is 1.51. The summed E-state index contributed by atoms with van der Waals surface area (Å²) in [4.78, 5) is 7.06. The molecule has 4 nitrogen and oxygen atoms in total. The fourth-order valence-corrected chi connectivity index (χ4v) is 1.51. The number of aromatic nitrogens is 1. The van der Waals surface area contributed by atoms with E-state index in [4.69, 9.17) is 5.53 Å². The Morgan fingerprint density at radius 2 is 2.20 bits per heavy atom. The number of hydrogen-bond acceptors (Lipinski definition) is 2. The first-order chi connectivity index (χ1) is 9.80. The molecule has 0 saturated carbocycles. The lowest BCUT2D eigenvalue weighted by Crippen LogP contribution is -1.93. The van der Waals surface area contributed by atoms with Crippen LogP contribution in [-0.4, -0.2) is 4.98 Å². The largest absolute Gasteiger partial charge is 0.261 e. The molecule has 0 amide bonds. The van der Waals surface area contributed by atoms with Crippen molar-refractivity contribution in [2.75, 3.05) is 0 Å². The summed E-state index contributed by atoms with van der Waals surface area (Å²) in [5.74, 6) is 0. The molecule has 106 valence electrons. The quantitative estimate of drug-likeness (QED) is 0.305. The molecule has 0 aliphatic carbocycles. The highest BCUT2D eigenvalue weighted by atomic mass is 15.1. The van der Waals surface area contributed by atoms with Crippen LogP contribution < -0.4 is 0 Å². The van der Waals surface area contributed by atoms with Crippen LogP contribution in [0.2, 0.25) is 0 Å². The summed E-state index contributed by atoms with van der Waals surface area (Å²) < 4.78 is 0. The van der Waals surface area contributed by atoms with Crippen LogP contribution >= 0.6 is 0 Å². The number of nitrogens with zero attached hydrogens (tertiary/aromatic N) is 4. The van der Waals surface area contributed by atoms with Crippen LogP contribution in [0.5, 0.6) is 0 Å². The van der Waals surface area contributed by atoms with Crippen LogP contribution in [0.3, 0.4) is 0 Å². The van der Waals surface area contributed by atoms with E-state index >= 15 is 0 Å². The van der Waals surface area contributed by atoms with Gasteiger partial charge in [0.2, 0.25) is 0 Å². The lowest BCUT2D eigenvalue weighted by molar-refractivity contribution is 0.995. The lowest BCUT2D eigenvalue weighted by atomic mass is 10.1. The van der Waals surface area contributed by atoms with Crippen molar-refractivity contribution < 1.29 is 0 Å². The monoisotopic (exact) mass is 270 g/mol. The van der Waals surface area contributed by atoms with Gasteiger partial charge in [-0.25, -0.2) is 0 Å². The summed E-state index contributed by atoms with van der Waals surface area (Å²) in [6.45, 7) is 10.0. The summed E-state index contributed by atoms with van der Waals surface area (Å²) in [5.41, 5.74) is 11.3. The maximum absolute atomic E-state index is 8.23. The van der Waals surface area contributed by atoms with E-state index in [1.807, 2.05) is 51.1 Å². The molecule has 0 N–H and O–H groups in total. The highest BCUT2D eigenvalue weighted by Crippen LogP contribution is 2.09. The molecule has 0 unspecified atom stereocenters. The molecule has 1 aromatic rings. The molecule has 1 aromatic heterocycles. The first-order valence-electron chi connectivity index (χ1n) is 6.69. The highest BCUT2D eigenvalue weighted by molar-refractivity contribution is 5.28. The number of allylic oxidation sites excluding steroid dienone is 5. The molecule has 0 fully saturated rings. The van der Waals surface area contributed by atoms with Crippen molar-refractivity contribution in [3.05, 3.63) is 76.5 Å². The summed E-state index contributed by atoms with van der Waals surface area (Å²) in [6.07, 6.45) is 10.3. The van der Waals surface area contributed by atoms with Gasteiger partial charge in [0.1, 0.15) is 0 Å². The van der Waals surface area contributed by atoms with E-state index in [1.54, 1.807) is 12.3 Å². The molecule has 0 aromatic carbocycles. The Bertz CT molecular complexity index is 492. The van der Waals surface area contributed by atoms with Gasteiger partial charge in [-0.15, -0.1) is 0 Å². The van der Waals surface area contributed by atoms with Gasteiger partial charge in [-0.1, -0.05) is 55.9 Å². The van der Waals surface area contributed by atoms with E-state index in [9.17, 15) is 0 Å². The molecule has 0 spiro atoms. The maximum Gasteiger partial charge on any atom is 0.0526 e. The van der Waals surface area contributed by atoms with Crippen LogP contribution in [-0.2, 0) is 13.0 Å². The average molecular weight is 270 g/mol. The summed E-state index contributed by atoms with van der Waals surface area (Å²) >= 11 is 0. The topological polar surface area (TPSA) is 61.7 Å². The molecule has 0 bridgehead atoms. The van der Waals surface area contributed by atoms with Gasteiger partial charge >= 0.3 is 0 Å². The second-order valence-corrected chi connectivity index (χ2v) is 3.70. The minimum absolute atomic E-state index is 0.341. The molecule has 0 aliphatic rings. The van der Waals surface area contributed by atoms with Gasteiger partial charge < -0.3 is 0 Å². The lowest BCUT2D eigenvalue weighted by Gasteiger charge is -2.02. The fraction of sp³-hybridized carbons (Fsp3) is 0.312. The van der Waals surface area contributed by atoms with Crippen molar-refractivity contribution >= 4 is 0 Å². The molecular weight excluding hydrogens is 248 g/mol. The number of pyridine rings is 1. The average Bonchev–Trinajstić information content (AvgIpc) is 2.49. The standard InChI is InChI=1S/C14H16N4.C2H6/c1-3-5-12(6-4-2)9-14-8-7-13(10-16-14)11-17-18-15;1-2/h3-8,10H,1,9,11H2,2H3;1-2H3/b6-4-,12-5+;. The summed E-state index contributed by atoms with van der Waals surface area (Å²) in [5, 5.41) is 3.50. The molecule has 0 radical (unpaired) electrons. The molecule has 1 rings (SSSR count). The first kappa shape index (κ1) is 17.7. The van der Waals surface area contributed by atoms with E-state index in [2.05, 4.69) is 21.6 Å². The number of hydrogen-bond donors (Lipinski definition) is 0. The predicted molar refractivity (Wildman–Crippen MR) is 85.2 cm³/mol. The van der Waals surface area contributed by atoms with Crippen LogP contribution in [0.1, 0.15) is 32.0 Å². The normalized spacial score (nSPS) is 10.4. The summed E-state index contributed by atoms with van der Waals surface area (Å²) in [6, 6.07) is 3.88. The van der Waals surface area contributed by atoms with Gasteiger partial charge in [0.05, 0.1) is 6.54 Å². The zero-order chi connectivity index (χ0) is 15.2. The van der Waals surface area contributed by atoms with E-state index in [0.717, 1.165) is 23.3 Å². The Labute approximate surface area is 121 Å². The van der Waals surface area contributed by atoms with Crippen LogP contribution in [0.15, 0.2) is 59.9 Å². The van der Waals surface area contributed by atoms with Crippen LogP contribution in [0, 0.1) is 0 Å². The van der Waals surface area contributed by atoms with Crippen molar-refractivity contribution in [1.82, 2.24) is 4.98 Å². The highest BCUT2D eigenvalue weighted by Gasteiger charge is 1.98. The van der Waals surface area contributed by atoms with E-state index in [1.165, 1.54) is 0 Å². The van der Waals surface area contributed by atoms with Crippen molar-refractivity contribution in [2.45, 2.75) is 33.7 Å². The Balaban J connectivity index is 0.00000172. The van der Waals surface area contributed by atoms with Crippen LogP contribution in [0.4, 0.5) is 0 Å². The van der Waals surface area contributed by atoms with Gasteiger partial charge in [-0.2, -0.15) is 0 Å². The minimum Gasteiger partial charge on any atom is -0.261 e. The van der Waals surface area contributed by atoms with E-state index < -0.39 is 0 Å². The van der Waals surface area contributed by atoms with E-state index in [-0.39, 0.29) is 0 Å². The first-order valence-corrected chi connectivity index (χ1v) is 6.69. The molecule has 0 aliphatic heterocycles. The smallest absolute Gasteiger partial charge is 0.0526 e. The second-order valence-electron chi connectivity index (χ2n) is 3.70. The SMILES string of the molecule is C=C/C=C(\C=C/C)Cc1ccc(CN=[N+]=[N-])cn1.CC. The van der Waals surface area contributed by atoms with Gasteiger partial charge in [-0.3, -0.25) is 4.98 Å². The van der Waals surface area contributed by atoms with Crippen LogP contribution in [0.25, 0.3) is 10.4 Å². The molecule has 4 heteroatoms. The third kappa shape index (κ3) is 7.19. The second kappa shape index (κ2) is 11.8. The Kier molecular flexibility index (Phi) is 10.4. The summed E-state index contributed by atoms with van der Waals surface area (Å²) in [7, 11) is 0. The van der Waals surface area contributed by atoms with Crippen molar-refractivity contribution in [2.24, 2.45) is 5.11 Å². The molecule has 0 atom stereocenters. The van der Waals surface area contributed by atoms with Gasteiger partial charge in [-0.05, 0) is 29.7 Å². The number of azide groups is 1. The van der Waals surface area contributed by atoms with Gasteiger partial charge in [0.15, 0.2) is 0 Å². The third-order valence-electron chi connectivity index (χ3n) is 2.30. The Hall–Kier alpha value is -2.32. The Morgan fingerprint density at radius 1 is 1.45 bits per heavy atom. The molecule has 20 heavy (non-hydrogen) atoms. The molecule has 1 heterocycles. The zero-order valence-electron chi connectivity index (χ0n) is 12.5. The van der Waals surface area contributed by atoms with Gasteiger partial charge in [0, 0.05) is 23.2 Å². The predicted octanol–water partition coefficient (Wildman–Crippen LogP) is 5.15. The Morgan fingerprint density at radius 3 is 2.70 bits per heavy atom. The number of rotatable bonds is 6. The van der Waals surface area contributed by atoms with Crippen molar-refractivity contribution in [3.8, 4) is 0 Å². The third-order valence-corrected chi connectivity index (χ3v) is 2.30. The molecule has 0 saturated heterocycles. The maximum atomic E-state index is 8.23.